The number of nitrogens with zero attached hydrogens (tertiary/aromatic N) is 4. The standard InChI is InChI=1S/C27H28FN5O3S2/c1-17-14-25(33(31-17)27-29-23-15-19-4-2-3-5-20(19)16-24(23)37-27)30-26(34)18-10-12-32(13-11-18)38(35,36)22-8-6-21(28)7-9-22/h6-9,14-16,18H,2-5,10-13H2,1H3,(H,30,34). The number of rotatable bonds is 5. The first-order chi connectivity index (χ1) is 18.3. The summed E-state index contributed by atoms with van der Waals surface area (Å²) in [4.78, 5) is 18.1. The summed E-state index contributed by atoms with van der Waals surface area (Å²) in [6.45, 7) is 2.31. The van der Waals surface area contributed by atoms with Crippen LogP contribution in [0.5, 0.6) is 0 Å². The van der Waals surface area contributed by atoms with Crippen LogP contribution in [-0.2, 0) is 27.7 Å². The zero-order valence-electron chi connectivity index (χ0n) is 21.0. The van der Waals surface area contributed by atoms with Crippen molar-refractivity contribution in [1.82, 2.24) is 19.1 Å². The molecular formula is C27H28FN5O3S2. The summed E-state index contributed by atoms with van der Waals surface area (Å²) in [5.41, 5.74) is 4.49. The molecule has 4 aromatic rings. The molecule has 6 rings (SSSR count). The number of carbonyl (C=O) groups excluding carboxylic acids is 1. The number of fused-ring (bicyclic) bond motifs is 2. The molecule has 1 aliphatic carbocycles. The molecule has 1 N–H and O–H groups in total. The van der Waals surface area contributed by atoms with Crippen molar-refractivity contribution in [3.05, 3.63) is 65.1 Å². The van der Waals surface area contributed by atoms with Crippen LogP contribution in [0, 0.1) is 18.7 Å². The SMILES string of the molecule is Cc1cc(NC(=O)C2CCN(S(=O)(=O)c3ccc(F)cc3)CC2)n(-c2nc3cc4c(cc3s2)CCCC4)n1. The van der Waals surface area contributed by atoms with E-state index in [2.05, 4.69) is 22.5 Å². The molecule has 38 heavy (non-hydrogen) atoms. The van der Waals surface area contributed by atoms with Crippen LogP contribution >= 0.6 is 11.3 Å². The number of anilines is 1. The molecule has 2 aromatic heterocycles. The van der Waals surface area contributed by atoms with E-state index in [-0.39, 0.29) is 29.8 Å². The van der Waals surface area contributed by atoms with Crippen molar-refractivity contribution in [3.8, 4) is 5.13 Å². The summed E-state index contributed by atoms with van der Waals surface area (Å²) in [6, 6.07) is 11.1. The molecule has 1 aliphatic heterocycles. The Labute approximate surface area is 224 Å². The first-order valence-electron chi connectivity index (χ1n) is 12.8. The van der Waals surface area contributed by atoms with Crippen LogP contribution in [0.3, 0.4) is 0 Å². The van der Waals surface area contributed by atoms with Gasteiger partial charge < -0.3 is 5.32 Å². The van der Waals surface area contributed by atoms with Gasteiger partial charge in [-0.25, -0.2) is 17.8 Å². The third-order valence-electron chi connectivity index (χ3n) is 7.38. The molecule has 0 atom stereocenters. The second-order valence-corrected chi connectivity index (χ2v) is 12.9. The summed E-state index contributed by atoms with van der Waals surface area (Å²) in [6.07, 6.45) is 5.41. The number of carbonyl (C=O) groups is 1. The van der Waals surface area contributed by atoms with E-state index in [0.29, 0.717) is 23.8 Å². The van der Waals surface area contributed by atoms with Crippen molar-refractivity contribution in [2.45, 2.75) is 50.3 Å². The number of aromatic nitrogens is 3. The van der Waals surface area contributed by atoms with Gasteiger partial charge in [-0.2, -0.15) is 14.1 Å². The van der Waals surface area contributed by atoms with Crippen LogP contribution in [0.15, 0.2) is 47.4 Å². The fourth-order valence-electron chi connectivity index (χ4n) is 5.31. The fraction of sp³-hybridized carbons (Fsp3) is 0.370. The molecule has 0 spiro atoms. The van der Waals surface area contributed by atoms with Crippen molar-refractivity contribution in [1.29, 1.82) is 0 Å². The van der Waals surface area contributed by atoms with Crippen molar-refractivity contribution in [2.24, 2.45) is 5.92 Å². The van der Waals surface area contributed by atoms with Gasteiger partial charge in [0, 0.05) is 25.1 Å². The molecule has 8 nitrogen and oxygen atoms in total. The summed E-state index contributed by atoms with van der Waals surface area (Å²) in [5.74, 6) is -0.432. The first-order valence-corrected chi connectivity index (χ1v) is 15.1. The Bertz CT molecular complexity index is 1580. The van der Waals surface area contributed by atoms with Crippen LogP contribution in [0.4, 0.5) is 10.2 Å². The topological polar surface area (TPSA) is 97.2 Å². The number of hydrogen-bond acceptors (Lipinski definition) is 6. The van der Waals surface area contributed by atoms with Gasteiger partial charge in [0.1, 0.15) is 11.6 Å². The highest BCUT2D eigenvalue weighted by Gasteiger charge is 2.32. The third kappa shape index (κ3) is 4.74. The van der Waals surface area contributed by atoms with Gasteiger partial charge in [0.05, 0.1) is 20.8 Å². The largest absolute Gasteiger partial charge is 0.310 e. The number of amides is 1. The fourth-order valence-corrected chi connectivity index (χ4v) is 7.76. The molecule has 1 saturated heterocycles. The van der Waals surface area contributed by atoms with Crippen LogP contribution in [0.1, 0.15) is 42.5 Å². The number of halogens is 1. The molecule has 11 heteroatoms. The monoisotopic (exact) mass is 553 g/mol. The van der Waals surface area contributed by atoms with Crippen molar-refractivity contribution < 1.29 is 17.6 Å². The highest BCUT2D eigenvalue weighted by Crippen LogP contribution is 2.33. The van der Waals surface area contributed by atoms with Gasteiger partial charge in [-0.3, -0.25) is 4.79 Å². The number of hydrogen-bond donors (Lipinski definition) is 1. The number of benzene rings is 2. The molecule has 0 bridgehead atoms. The minimum absolute atomic E-state index is 0.0536. The van der Waals surface area contributed by atoms with E-state index in [1.165, 1.54) is 40.4 Å². The van der Waals surface area contributed by atoms with E-state index < -0.39 is 15.8 Å². The van der Waals surface area contributed by atoms with E-state index >= 15 is 0 Å². The Morgan fingerprint density at radius 2 is 1.74 bits per heavy atom. The predicted molar refractivity (Wildman–Crippen MR) is 145 cm³/mol. The zero-order valence-corrected chi connectivity index (χ0v) is 22.6. The van der Waals surface area contributed by atoms with Crippen LogP contribution in [0.25, 0.3) is 15.3 Å². The predicted octanol–water partition coefficient (Wildman–Crippen LogP) is 4.85. The van der Waals surface area contributed by atoms with Gasteiger partial charge in [0.15, 0.2) is 0 Å². The second kappa shape index (κ2) is 9.87. The van der Waals surface area contributed by atoms with E-state index in [1.54, 1.807) is 16.0 Å². The van der Waals surface area contributed by atoms with E-state index in [9.17, 15) is 17.6 Å². The molecular weight excluding hydrogens is 525 g/mol. The normalized spacial score (nSPS) is 17.0. The molecule has 2 aliphatic rings. The lowest BCUT2D eigenvalue weighted by Crippen LogP contribution is -2.41. The summed E-state index contributed by atoms with van der Waals surface area (Å²) in [5, 5.41) is 8.30. The van der Waals surface area contributed by atoms with Gasteiger partial charge in [0.25, 0.3) is 0 Å². The first kappa shape index (κ1) is 25.1. The minimum atomic E-state index is -3.73. The number of thiazole rings is 1. The van der Waals surface area contributed by atoms with Gasteiger partial charge >= 0.3 is 0 Å². The highest BCUT2D eigenvalue weighted by atomic mass is 32.2. The second-order valence-electron chi connectivity index (χ2n) is 10.00. The zero-order chi connectivity index (χ0) is 26.4. The van der Waals surface area contributed by atoms with Crippen LogP contribution in [-0.4, -0.2) is 46.5 Å². The third-order valence-corrected chi connectivity index (χ3v) is 10.3. The molecule has 3 heterocycles. The number of aryl methyl sites for hydroxylation is 3. The Hall–Kier alpha value is -3.15. The van der Waals surface area contributed by atoms with E-state index in [0.717, 1.165) is 40.9 Å². The quantitative estimate of drug-likeness (QED) is 0.381. The number of piperidine rings is 1. The smallest absolute Gasteiger partial charge is 0.243 e. The Morgan fingerprint density at radius 1 is 1.05 bits per heavy atom. The highest BCUT2D eigenvalue weighted by molar-refractivity contribution is 7.89. The van der Waals surface area contributed by atoms with Crippen molar-refractivity contribution in [2.75, 3.05) is 18.4 Å². The summed E-state index contributed by atoms with van der Waals surface area (Å²) >= 11 is 1.56. The molecule has 2 aromatic carbocycles. The summed E-state index contributed by atoms with van der Waals surface area (Å²) < 4.78 is 43.2. The van der Waals surface area contributed by atoms with Crippen LogP contribution < -0.4 is 5.32 Å². The lowest BCUT2D eigenvalue weighted by Gasteiger charge is -2.30. The average molecular weight is 554 g/mol. The summed E-state index contributed by atoms with van der Waals surface area (Å²) in [7, 11) is -3.73. The molecule has 0 radical (unpaired) electrons. The Morgan fingerprint density at radius 3 is 2.45 bits per heavy atom. The molecule has 198 valence electrons. The van der Waals surface area contributed by atoms with Crippen molar-refractivity contribution >= 4 is 43.3 Å². The molecule has 1 fully saturated rings. The van der Waals surface area contributed by atoms with E-state index in [1.807, 2.05) is 13.0 Å². The lowest BCUT2D eigenvalue weighted by molar-refractivity contribution is -0.120. The number of sulfonamides is 1. The van der Waals surface area contributed by atoms with Gasteiger partial charge in [0.2, 0.25) is 21.1 Å². The molecule has 0 saturated carbocycles. The maximum Gasteiger partial charge on any atom is 0.243 e. The van der Waals surface area contributed by atoms with Gasteiger partial charge in [-0.1, -0.05) is 11.3 Å². The molecule has 0 unspecified atom stereocenters. The molecule has 1 amide bonds. The lowest BCUT2D eigenvalue weighted by atomic mass is 9.92. The van der Waals surface area contributed by atoms with E-state index in [4.69, 9.17) is 4.98 Å². The maximum absolute atomic E-state index is 13.2. The minimum Gasteiger partial charge on any atom is -0.310 e. The average Bonchev–Trinajstić information content (AvgIpc) is 3.49. The Balaban J connectivity index is 1.16. The van der Waals surface area contributed by atoms with Crippen molar-refractivity contribution in [3.63, 3.8) is 0 Å². The Kier molecular flexibility index (Phi) is 6.53. The number of nitrogens with one attached hydrogen (secondary N) is 1. The van der Waals surface area contributed by atoms with Gasteiger partial charge in [-0.05, 0) is 93.0 Å². The maximum atomic E-state index is 13.2. The van der Waals surface area contributed by atoms with Crippen LogP contribution in [0.2, 0.25) is 0 Å². The van der Waals surface area contributed by atoms with Gasteiger partial charge in [-0.15, -0.1) is 0 Å².